The Morgan fingerprint density at radius 1 is 1.12 bits per heavy atom. The smallest absolute Gasteiger partial charge is 0.0314 e. The average Bonchev–Trinajstić information content (AvgIpc) is 2.32. The van der Waals surface area contributed by atoms with Gasteiger partial charge < -0.3 is 10.6 Å². The van der Waals surface area contributed by atoms with E-state index in [1.54, 1.807) is 0 Å². The monoisotopic (exact) mass is 238 g/mol. The molecule has 0 heterocycles. The Hall–Kier alpha value is -0.670. The third kappa shape index (κ3) is 4.90. The summed E-state index contributed by atoms with van der Waals surface area (Å²) in [7, 11) is 0. The molecule has 0 aliphatic carbocycles. The van der Waals surface area contributed by atoms with Gasteiger partial charge in [-0.1, -0.05) is 26.0 Å². The number of hydrogen-bond acceptors (Lipinski definition) is 3. The van der Waals surface area contributed by atoms with Gasteiger partial charge in [0.25, 0.3) is 0 Å². The molecule has 90 valence electrons. The van der Waals surface area contributed by atoms with Gasteiger partial charge in [-0.05, 0) is 30.8 Å². The number of hydrogen-bond donors (Lipinski definition) is 1. The molecule has 3 heteroatoms. The van der Waals surface area contributed by atoms with Crippen molar-refractivity contribution in [2.75, 3.05) is 31.1 Å². The van der Waals surface area contributed by atoms with E-state index in [2.05, 4.69) is 30.9 Å². The summed E-state index contributed by atoms with van der Waals surface area (Å²) in [6.45, 7) is 7.92. The third-order valence-corrected chi connectivity index (χ3v) is 3.70. The van der Waals surface area contributed by atoms with E-state index in [1.807, 2.05) is 23.9 Å². The summed E-state index contributed by atoms with van der Waals surface area (Å²) in [5, 5.41) is 0. The quantitative estimate of drug-likeness (QED) is 0.585. The van der Waals surface area contributed by atoms with E-state index in [4.69, 9.17) is 5.73 Å². The van der Waals surface area contributed by atoms with Crippen LogP contribution >= 0.6 is 11.8 Å². The van der Waals surface area contributed by atoms with Crippen LogP contribution in [0.3, 0.4) is 0 Å². The molecule has 0 radical (unpaired) electrons. The van der Waals surface area contributed by atoms with Crippen LogP contribution < -0.4 is 5.73 Å². The predicted molar refractivity (Wildman–Crippen MR) is 74.8 cm³/mol. The van der Waals surface area contributed by atoms with Gasteiger partial charge >= 0.3 is 0 Å². The van der Waals surface area contributed by atoms with Crippen molar-refractivity contribution >= 4 is 17.4 Å². The first kappa shape index (κ1) is 13.4. The minimum atomic E-state index is 0.844. The maximum atomic E-state index is 5.64. The Balaban J connectivity index is 2.18. The SMILES string of the molecule is CCN(CC)CCSCc1ccc(N)cc1. The summed E-state index contributed by atoms with van der Waals surface area (Å²) < 4.78 is 0. The molecule has 0 saturated carbocycles. The highest BCUT2D eigenvalue weighted by molar-refractivity contribution is 7.98. The van der Waals surface area contributed by atoms with Crippen molar-refractivity contribution in [1.82, 2.24) is 4.90 Å². The second-order valence-corrected chi connectivity index (χ2v) is 4.93. The number of nitrogens with zero attached hydrogens (tertiary/aromatic N) is 1. The minimum Gasteiger partial charge on any atom is -0.399 e. The molecule has 1 rings (SSSR count). The van der Waals surface area contributed by atoms with E-state index in [0.29, 0.717) is 0 Å². The fourth-order valence-electron chi connectivity index (χ4n) is 1.54. The highest BCUT2D eigenvalue weighted by Gasteiger charge is 1.99. The fraction of sp³-hybridized carbons (Fsp3) is 0.538. The van der Waals surface area contributed by atoms with Gasteiger partial charge in [-0.15, -0.1) is 0 Å². The van der Waals surface area contributed by atoms with E-state index >= 15 is 0 Å². The van der Waals surface area contributed by atoms with Crippen molar-refractivity contribution in [3.05, 3.63) is 29.8 Å². The van der Waals surface area contributed by atoms with Gasteiger partial charge in [-0.3, -0.25) is 0 Å². The fourth-order valence-corrected chi connectivity index (χ4v) is 2.50. The van der Waals surface area contributed by atoms with E-state index in [0.717, 1.165) is 24.5 Å². The predicted octanol–water partition coefficient (Wildman–Crippen LogP) is 2.84. The molecule has 0 aliphatic rings. The Morgan fingerprint density at radius 2 is 1.75 bits per heavy atom. The summed E-state index contributed by atoms with van der Waals surface area (Å²) >= 11 is 1.99. The van der Waals surface area contributed by atoms with Crippen molar-refractivity contribution in [3.8, 4) is 0 Å². The van der Waals surface area contributed by atoms with Gasteiger partial charge in [0.2, 0.25) is 0 Å². The standard InChI is InChI=1S/C13H22N2S/c1-3-15(4-2)9-10-16-11-12-5-7-13(14)8-6-12/h5-8H,3-4,9-11,14H2,1-2H3. The number of rotatable bonds is 7. The highest BCUT2D eigenvalue weighted by Crippen LogP contribution is 2.13. The van der Waals surface area contributed by atoms with Gasteiger partial charge in [-0.25, -0.2) is 0 Å². The zero-order valence-corrected chi connectivity index (χ0v) is 11.1. The molecule has 2 nitrogen and oxygen atoms in total. The van der Waals surface area contributed by atoms with Gasteiger partial charge in [0.05, 0.1) is 0 Å². The van der Waals surface area contributed by atoms with Crippen LogP contribution in [0, 0.1) is 0 Å². The van der Waals surface area contributed by atoms with Crippen LogP contribution in [0.5, 0.6) is 0 Å². The van der Waals surface area contributed by atoms with Crippen LogP contribution in [0.15, 0.2) is 24.3 Å². The van der Waals surface area contributed by atoms with E-state index in [-0.39, 0.29) is 0 Å². The zero-order chi connectivity index (χ0) is 11.8. The van der Waals surface area contributed by atoms with Gasteiger partial charge in [0, 0.05) is 23.7 Å². The molecule has 0 amide bonds. The molecule has 0 atom stereocenters. The molecule has 0 fully saturated rings. The topological polar surface area (TPSA) is 29.3 Å². The first-order valence-corrected chi connectivity index (χ1v) is 7.06. The average molecular weight is 238 g/mol. The number of anilines is 1. The summed E-state index contributed by atoms with van der Waals surface area (Å²) in [5.74, 6) is 2.29. The first-order valence-electron chi connectivity index (χ1n) is 5.90. The van der Waals surface area contributed by atoms with E-state index in [9.17, 15) is 0 Å². The molecule has 0 bridgehead atoms. The Morgan fingerprint density at radius 3 is 2.31 bits per heavy atom. The maximum Gasteiger partial charge on any atom is 0.0314 e. The molecule has 2 N–H and O–H groups in total. The van der Waals surface area contributed by atoms with E-state index < -0.39 is 0 Å². The van der Waals surface area contributed by atoms with Crippen LogP contribution in [0.1, 0.15) is 19.4 Å². The molecular formula is C13H22N2S. The van der Waals surface area contributed by atoms with Gasteiger partial charge in [0.15, 0.2) is 0 Å². The molecule has 0 aliphatic heterocycles. The summed E-state index contributed by atoms with van der Waals surface area (Å²) in [4.78, 5) is 2.45. The molecule has 0 saturated heterocycles. The molecule has 1 aromatic carbocycles. The second-order valence-electron chi connectivity index (χ2n) is 3.82. The molecule has 0 aromatic heterocycles. The van der Waals surface area contributed by atoms with Crippen molar-refractivity contribution in [2.24, 2.45) is 0 Å². The van der Waals surface area contributed by atoms with Gasteiger partial charge in [0.1, 0.15) is 0 Å². The lowest BCUT2D eigenvalue weighted by Crippen LogP contribution is -2.25. The minimum absolute atomic E-state index is 0.844. The second kappa shape index (κ2) is 7.58. The summed E-state index contributed by atoms with van der Waals surface area (Å²) in [5.41, 5.74) is 7.85. The maximum absolute atomic E-state index is 5.64. The van der Waals surface area contributed by atoms with Crippen LogP contribution in [0.2, 0.25) is 0 Å². The van der Waals surface area contributed by atoms with Crippen molar-refractivity contribution in [3.63, 3.8) is 0 Å². The van der Waals surface area contributed by atoms with Crippen LogP contribution in [0.4, 0.5) is 5.69 Å². The van der Waals surface area contributed by atoms with Crippen LogP contribution in [-0.4, -0.2) is 30.3 Å². The molecule has 0 spiro atoms. The molecule has 16 heavy (non-hydrogen) atoms. The van der Waals surface area contributed by atoms with Crippen molar-refractivity contribution < 1.29 is 0 Å². The number of benzene rings is 1. The number of nitrogen functional groups attached to an aromatic ring is 1. The Kier molecular flexibility index (Phi) is 6.34. The van der Waals surface area contributed by atoms with Crippen molar-refractivity contribution in [2.45, 2.75) is 19.6 Å². The Bertz CT molecular complexity index is 280. The largest absolute Gasteiger partial charge is 0.399 e. The highest BCUT2D eigenvalue weighted by atomic mass is 32.2. The lowest BCUT2D eigenvalue weighted by Gasteiger charge is -2.17. The number of thioether (sulfide) groups is 1. The molecular weight excluding hydrogens is 216 g/mol. The van der Waals surface area contributed by atoms with Crippen LogP contribution in [-0.2, 0) is 5.75 Å². The van der Waals surface area contributed by atoms with Gasteiger partial charge in [-0.2, -0.15) is 11.8 Å². The number of nitrogens with two attached hydrogens (primary N) is 1. The summed E-state index contributed by atoms with van der Waals surface area (Å²) in [6, 6.07) is 8.17. The van der Waals surface area contributed by atoms with Crippen molar-refractivity contribution in [1.29, 1.82) is 0 Å². The normalized spacial score (nSPS) is 10.9. The van der Waals surface area contributed by atoms with Crippen LogP contribution in [0.25, 0.3) is 0 Å². The summed E-state index contributed by atoms with van der Waals surface area (Å²) in [6.07, 6.45) is 0. The Labute approximate surface area is 103 Å². The van der Waals surface area contributed by atoms with E-state index in [1.165, 1.54) is 17.9 Å². The lowest BCUT2D eigenvalue weighted by atomic mass is 10.2. The zero-order valence-electron chi connectivity index (χ0n) is 10.3. The lowest BCUT2D eigenvalue weighted by molar-refractivity contribution is 0.324. The first-order chi connectivity index (χ1) is 7.76. The molecule has 0 unspecified atom stereocenters. The third-order valence-electron chi connectivity index (χ3n) is 2.69. The molecule has 1 aromatic rings.